The van der Waals surface area contributed by atoms with Crippen molar-refractivity contribution in [1.82, 2.24) is 9.97 Å². The lowest BCUT2D eigenvalue weighted by molar-refractivity contribution is 0.0924. The summed E-state index contributed by atoms with van der Waals surface area (Å²) in [6.07, 6.45) is 1.34. The number of halogens is 4. The van der Waals surface area contributed by atoms with Crippen LogP contribution in [0.15, 0.2) is 41.4 Å². The van der Waals surface area contributed by atoms with Gasteiger partial charge in [0.15, 0.2) is 23.3 Å². The van der Waals surface area contributed by atoms with E-state index >= 15 is 0 Å². The first-order valence-electron chi connectivity index (χ1n) is 8.70. The monoisotopic (exact) mass is 466 g/mol. The zero-order valence-corrected chi connectivity index (χ0v) is 16.7. The van der Waals surface area contributed by atoms with Gasteiger partial charge in [-0.15, -0.1) is 0 Å². The van der Waals surface area contributed by atoms with Gasteiger partial charge >= 0.3 is 0 Å². The number of hydrogen-bond acceptors (Lipinski definition) is 6. The lowest BCUT2D eigenvalue weighted by atomic mass is 10.1. The van der Waals surface area contributed by atoms with Crippen molar-refractivity contribution in [3.05, 3.63) is 76.6 Å². The minimum Gasteiger partial charge on any atom is -0.268 e. The maximum atomic E-state index is 14.0. The van der Waals surface area contributed by atoms with E-state index in [1.165, 1.54) is 6.20 Å². The van der Waals surface area contributed by atoms with Crippen LogP contribution in [0.25, 0.3) is 0 Å². The summed E-state index contributed by atoms with van der Waals surface area (Å²) in [6.45, 7) is 1.62. The molecular formula is C19H10F4N4O4S. The van der Waals surface area contributed by atoms with Crippen molar-refractivity contribution in [1.29, 1.82) is 0 Å². The number of sulfonamides is 1. The molecule has 0 unspecified atom stereocenters. The molecule has 1 N–H and O–H groups in total. The lowest BCUT2D eigenvalue weighted by Crippen LogP contribution is -2.29. The number of imide groups is 1. The molecule has 0 fully saturated rings. The van der Waals surface area contributed by atoms with E-state index in [0.717, 1.165) is 24.3 Å². The number of nitrogens with zero attached hydrogens (tertiary/aromatic N) is 3. The SMILES string of the molecule is Cc1ccnc(NS(=O)(=O)c2ccc(N3C(=O)c4c(F)c(F)c(F)c(F)c4C3=O)cc2)n1. The van der Waals surface area contributed by atoms with Crippen LogP contribution < -0.4 is 9.62 Å². The topological polar surface area (TPSA) is 109 Å². The van der Waals surface area contributed by atoms with Gasteiger partial charge in [0.2, 0.25) is 5.95 Å². The smallest absolute Gasteiger partial charge is 0.268 e. The van der Waals surface area contributed by atoms with E-state index in [4.69, 9.17) is 0 Å². The Balaban J connectivity index is 1.68. The molecule has 164 valence electrons. The molecule has 0 spiro atoms. The Morgan fingerprint density at radius 1 is 0.844 bits per heavy atom. The molecule has 0 radical (unpaired) electrons. The predicted octanol–water partition coefficient (Wildman–Crippen LogP) is 2.94. The summed E-state index contributed by atoms with van der Waals surface area (Å²) in [6, 6.07) is 5.58. The number of hydrogen-bond donors (Lipinski definition) is 1. The maximum absolute atomic E-state index is 14.0. The number of amides is 2. The summed E-state index contributed by atoms with van der Waals surface area (Å²) < 4.78 is 82.2. The van der Waals surface area contributed by atoms with Crippen LogP contribution in [0.1, 0.15) is 26.4 Å². The molecule has 0 aliphatic carbocycles. The molecule has 13 heteroatoms. The number of anilines is 2. The normalized spacial score (nSPS) is 13.5. The largest absolute Gasteiger partial charge is 0.269 e. The number of nitrogens with one attached hydrogen (secondary N) is 1. The zero-order chi connectivity index (χ0) is 23.4. The lowest BCUT2D eigenvalue weighted by Gasteiger charge is -2.14. The van der Waals surface area contributed by atoms with E-state index in [0.29, 0.717) is 5.69 Å². The van der Waals surface area contributed by atoms with Gasteiger partial charge in [-0.25, -0.2) is 45.6 Å². The predicted molar refractivity (Wildman–Crippen MR) is 101 cm³/mol. The summed E-state index contributed by atoms with van der Waals surface area (Å²) in [7, 11) is -4.16. The second kappa shape index (κ2) is 7.37. The second-order valence-corrected chi connectivity index (χ2v) is 8.26. The van der Waals surface area contributed by atoms with Crippen molar-refractivity contribution in [2.24, 2.45) is 0 Å². The van der Waals surface area contributed by atoms with E-state index in [1.54, 1.807) is 13.0 Å². The fraction of sp³-hybridized carbons (Fsp3) is 0.0526. The maximum Gasteiger partial charge on any atom is 0.269 e. The summed E-state index contributed by atoms with van der Waals surface area (Å²) in [5, 5.41) is 0. The molecule has 2 aromatic carbocycles. The minimum absolute atomic E-state index is 0.190. The highest BCUT2D eigenvalue weighted by molar-refractivity contribution is 7.92. The average Bonchev–Trinajstić information content (AvgIpc) is 3.00. The van der Waals surface area contributed by atoms with Crippen LogP contribution in [0.4, 0.5) is 29.2 Å². The van der Waals surface area contributed by atoms with Crippen LogP contribution in [0.3, 0.4) is 0 Å². The van der Waals surface area contributed by atoms with E-state index in [-0.39, 0.29) is 21.4 Å². The fourth-order valence-corrected chi connectivity index (χ4v) is 3.99. The number of benzene rings is 2. The van der Waals surface area contributed by atoms with Crippen molar-refractivity contribution >= 4 is 33.5 Å². The quantitative estimate of drug-likeness (QED) is 0.274. The highest BCUT2D eigenvalue weighted by atomic mass is 32.2. The molecule has 0 atom stereocenters. The van der Waals surface area contributed by atoms with Gasteiger partial charge in [0.05, 0.1) is 21.7 Å². The zero-order valence-electron chi connectivity index (χ0n) is 15.9. The molecule has 1 aliphatic rings. The van der Waals surface area contributed by atoms with Gasteiger partial charge in [-0.3, -0.25) is 9.59 Å². The van der Waals surface area contributed by atoms with Gasteiger partial charge in [-0.05, 0) is 37.3 Å². The Morgan fingerprint density at radius 2 is 1.38 bits per heavy atom. The molecule has 8 nitrogen and oxygen atoms in total. The second-order valence-electron chi connectivity index (χ2n) is 6.57. The van der Waals surface area contributed by atoms with Gasteiger partial charge in [0.1, 0.15) is 0 Å². The van der Waals surface area contributed by atoms with Crippen LogP contribution in [-0.4, -0.2) is 30.2 Å². The van der Waals surface area contributed by atoms with Crippen LogP contribution >= 0.6 is 0 Å². The molecular weight excluding hydrogens is 456 g/mol. The number of fused-ring (bicyclic) bond motifs is 1. The third kappa shape index (κ3) is 3.26. The number of rotatable bonds is 4. The third-order valence-corrected chi connectivity index (χ3v) is 5.87. The third-order valence-electron chi connectivity index (χ3n) is 4.53. The van der Waals surface area contributed by atoms with E-state index in [1.807, 2.05) is 0 Å². The highest BCUT2D eigenvalue weighted by Gasteiger charge is 2.44. The van der Waals surface area contributed by atoms with Crippen molar-refractivity contribution in [3.8, 4) is 0 Å². The Kier molecular flexibility index (Phi) is 4.92. The Bertz CT molecular complexity index is 1360. The van der Waals surface area contributed by atoms with Crippen LogP contribution in [0.2, 0.25) is 0 Å². The molecule has 1 aromatic heterocycles. The molecule has 1 aliphatic heterocycles. The average molecular weight is 466 g/mol. The summed E-state index contributed by atoms with van der Waals surface area (Å²) in [5.74, 6) is -11.5. The molecule has 2 amide bonds. The Morgan fingerprint density at radius 3 is 1.88 bits per heavy atom. The van der Waals surface area contributed by atoms with Crippen LogP contribution in [0, 0.1) is 30.2 Å². The van der Waals surface area contributed by atoms with E-state index in [9.17, 15) is 35.6 Å². The molecule has 32 heavy (non-hydrogen) atoms. The van der Waals surface area contributed by atoms with Crippen LogP contribution in [-0.2, 0) is 10.0 Å². The van der Waals surface area contributed by atoms with E-state index < -0.39 is 56.2 Å². The summed E-state index contributed by atoms with van der Waals surface area (Å²) >= 11 is 0. The Labute approximate surface area is 177 Å². The van der Waals surface area contributed by atoms with Crippen LogP contribution in [0.5, 0.6) is 0 Å². The molecule has 2 heterocycles. The first-order chi connectivity index (χ1) is 15.0. The van der Waals surface area contributed by atoms with Gasteiger partial charge in [-0.2, -0.15) is 0 Å². The fourth-order valence-electron chi connectivity index (χ4n) is 3.04. The summed E-state index contributed by atoms with van der Waals surface area (Å²) in [4.78, 5) is 32.6. The molecule has 4 rings (SSSR count). The summed E-state index contributed by atoms with van der Waals surface area (Å²) in [5.41, 5.74) is -2.27. The standard InChI is InChI=1S/C19H10F4N4O4S/c1-8-6-7-24-19(25-8)26-32(30,31)10-4-2-9(3-5-10)27-17(28)11-12(18(27)29)14(21)16(23)15(22)13(11)20/h2-7H,1H3,(H,24,25,26). The number of aryl methyl sites for hydroxylation is 1. The number of carbonyl (C=O) groups excluding carboxylic acids is 2. The van der Waals surface area contributed by atoms with Gasteiger partial charge in [0, 0.05) is 11.9 Å². The Hall–Kier alpha value is -3.87. The van der Waals surface area contributed by atoms with Crippen molar-refractivity contribution in [3.63, 3.8) is 0 Å². The number of carbonyl (C=O) groups is 2. The van der Waals surface area contributed by atoms with Crippen molar-refractivity contribution in [2.75, 3.05) is 9.62 Å². The number of aromatic nitrogens is 2. The van der Waals surface area contributed by atoms with Crippen molar-refractivity contribution < 1.29 is 35.6 Å². The van der Waals surface area contributed by atoms with Crippen molar-refractivity contribution in [2.45, 2.75) is 11.8 Å². The molecule has 0 saturated carbocycles. The van der Waals surface area contributed by atoms with Gasteiger partial charge in [0.25, 0.3) is 21.8 Å². The molecule has 0 saturated heterocycles. The van der Waals surface area contributed by atoms with Gasteiger partial charge in [-0.1, -0.05) is 0 Å². The molecule has 0 bridgehead atoms. The molecule has 3 aromatic rings. The minimum atomic E-state index is -4.16. The highest BCUT2D eigenvalue weighted by Crippen LogP contribution is 2.34. The first-order valence-corrected chi connectivity index (χ1v) is 10.2. The van der Waals surface area contributed by atoms with Gasteiger partial charge < -0.3 is 0 Å². The van der Waals surface area contributed by atoms with E-state index in [2.05, 4.69) is 14.7 Å². The first kappa shape index (κ1) is 21.4.